The fourth-order valence-corrected chi connectivity index (χ4v) is 2.41. The zero-order valence-electron chi connectivity index (χ0n) is 12.8. The maximum atomic E-state index is 12.5. The molecule has 0 aromatic heterocycles. The summed E-state index contributed by atoms with van der Waals surface area (Å²) < 4.78 is 0. The normalized spacial score (nSPS) is 15.0. The van der Waals surface area contributed by atoms with Crippen molar-refractivity contribution in [2.45, 2.75) is 32.4 Å². The Labute approximate surface area is 126 Å². The molecule has 0 heterocycles. The van der Waals surface area contributed by atoms with Gasteiger partial charge in [0.25, 0.3) is 0 Å². The highest BCUT2D eigenvalue weighted by Gasteiger charge is 2.31. The van der Waals surface area contributed by atoms with E-state index in [4.69, 9.17) is 5.73 Å². The highest BCUT2D eigenvalue weighted by molar-refractivity contribution is 5.87. The largest absolute Gasteiger partial charge is 0.348 e. The van der Waals surface area contributed by atoms with Crippen molar-refractivity contribution in [1.29, 1.82) is 0 Å². The Hall–Kier alpha value is -2.13. The van der Waals surface area contributed by atoms with Crippen LogP contribution in [-0.2, 0) is 10.3 Å². The molecule has 0 bridgehead atoms. The molecule has 2 atom stereocenters. The van der Waals surface area contributed by atoms with Crippen molar-refractivity contribution in [3.8, 4) is 0 Å². The third-order valence-corrected chi connectivity index (χ3v) is 3.85. The predicted molar refractivity (Wildman–Crippen MR) is 85.7 cm³/mol. The number of hydrogen-bond donors (Lipinski definition) is 2. The van der Waals surface area contributed by atoms with Gasteiger partial charge in [-0.2, -0.15) is 0 Å². The van der Waals surface area contributed by atoms with Gasteiger partial charge >= 0.3 is 0 Å². The van der Waals surface area contributed by atoms with E-state index >= 15 is 0 Å². The highest BCUT2D eigenvalue weighted by Crippen LogP contribution is 2.21. The summed E-state index contributed by atoms with van der Waals surface area (Å²) in [5, 5.41) is 3.01. The minimum absolute atomic E-state index is 0.0784. The summed E-state index contributed by atoms with van der Waals surface area (Å²) in [5.41, 5.74) is 8.26. The second-order valence-corrected chi connectivity index (χ2v) is 5.62. The predicted octanol–water partition coefficient (Wildman–Crippen LogP) is 3.05. The van der Waals surface area contributed by atoms with E-state index in [1.165, 1.54) is 0 Å². The van der Waals surface area contributed by atoms with E-state index in [0.29, 0.717) is 0 Å². The van der Waals surface area contributed by atoms with Gasteiger partial charge in [0, 0.05) is 0 Å². The molecular formula is C18H22N2O. The van der Waals surface area contributed by atoms with Crippen LogP contribution in [0.25, 0.3) is 0 Å². The van der Waals surface area contributed by atoms with Gasteiger partial charge in [-0.05, 0) is 37.5 Å². The van der Waals surface area contributed by atoms with E-state index in [1.54, 1.807) is 6.92 Å². The lowest BCUT2D eigenvalue weighted by atomic mass is 9.91. The number of rotatable bonds is 4. The molecule has 0 aliphatic rings. The number of carbonyl (C=O) groups excluding carboxylic acids is 1. The molecule has 0 saturated heterocycles. The van der Waals surface area contributed by atoms with Gasteiger partial charge in [-0.1, -0.05) is 54.6 Å². The van der Waals surface area contributed by atoms with Gasteiger partial charge in [-0.3, -0.25) is 4.79 Å². The Morgan fingerprint density at radius 2 is 1.67 bits per heavy atom. The van der Waals surface area contributed by atoms with E-state index in [-0.39, 0.29) is 11.9 Å². The quantitative estimate of drug-likeness (QED) is 0.905. The van der Waals surface area contributed by atoms with Gasteiger partial charge in [-0.15, -0.1) is 0 Å². The van der Waals surface area contributed by atoms with Crippen LogP contribution in [0.2, 0.25) is 0 Å². The van der Waals surface area contributed by atoms with E-state index < -0.39 is 5.54 Å². The smallest absolute Gasteiger partial charge is 0.244 e. The minimum Gasteiger partial charge on any atom is -0.348 e. The van der Waals surface area contributed by atoms with Crippen LogP contribution in [-0.4, -0.2) is 5.91 Å². The minimum atomic E-state index is -1.04. The summed E-state index contributed by atoms with van der Waals surface area (Å²) in [6.45, 7) is 5.75. The van der Waals surface area contributed by atoms with Crippen LogP contribution < -0.4 is 11.1 Å². The first-order valence-electron chi connectivity index (χ1n) is 7.14. The summed E-state index contributed by atoms with van der Waals surface area (Å²) in [5.74, 6) is -0.176. The number of benzene rings is 2. The van der Waals surface area contributed by atoms with Crippen molar-refractivity contribution in [2.24, 2.45) is 5.73 Å². The molecule has 0 aliphatic carbocycles. The van der Waals surface area contributed by atoms with Crippen molar-refractivity contribution in [1.82, 2.24) is 5.32 Å². The third kappa shape index (κ3) is 3.31. The van der Waals surface area contributed by atoms with Crippen LogP contribution in [0.15, 0.2) is 54.6 Å². The number of carbonyl (C=O) groups is 1. The lowest BCUT2D eigenvalue weighted by Gasteiger charge is -2.27. The molecule has 1 amide bonds. The monoisotopic (exact) mass is 282 g/mol. The fourth-order valence-electron chi connectivity index (χ4n) is 2.41. The fraction of sp³-hybridized carbons (Fsp3) is 0.278. The van der Waals surface area contributed by atoms with E-state index in [9.17, 15) is 4.79 Å². The first-order chi connectivity index (χ1) is 9.93. The Balaban J connectivity index is 2.16. The number of amides is 1. The Morgan fingerprint density at radius 1 is 1.10 bits per heavy atom. The molecule has 0 spiro atoms. The summed E-state index contributed by atoms with van der Waals surface area (Å²) in [7, 11) is 0. The van der Waals surface area contributed by atoms with Crippen LogP contribution in [0.4, 0.5) is 0 Å². The molecule has 2 aromatic rings. The number of nitrogens with one attached hydrogen (secondary N) is 1. The number of aryl methyl sites for hydroxylation is 1. The Morgan fingerprint density at radius 3 is 2.29 bits per heavy atom. The molecule has 21 heavy (non-hydrogen) atoms. The average Bonchev–Trinajstić information content (AvgIpc) is 2.48. The summed E-state index contributed by atoms with van der Waals surface area (Å²) >= 11 is 0. The van der Waals surface area contributed by atoms with Crippen molar-refractivity contribution in [2.75, 3.05) is 0 Å². The molecule has 2 rings (SSSR count). The van der Waals surface area contributed by atoms with Crippen LogP contribution in [0, 0.1) is 6.92 Å². The van der Waals surface area contributed by atoms with Gasteiger partial charge in [0.2, 0.25) is 5.91 Å². The molecule has 0 radical (unpaired) electrons. The summed E-state index contributed by atoms with van der Waals surface area (Å²) in [6.07, 6.45) is 0. The molecule has 2 unspecified atom stereocenters. The Bertz CT molecular complexity index is 620. The molecule has 0 aliphatic heterocycles. The second-order valence-electron chi connectivity index (χ2n) is 5.62. The molecule has 2 aromatic carbocycles. The average molecular weight is 282 g/mol. The van der Waals surface area contributed by atoms with Gasteiger partial charge in [0.15, 0.2) is 0 Å². The van der Waals surface area contributed by atoms with Crippen LogP contribution in [0.5, 0.6) is 0 Å². The van der Waals surface area contributed by atoms with Crippen LogP contribution in [0.3, 0.4) is 0 Å². The number of hydrogen-bond acceptors (Lipinski definition) is 2. The summed E-state index contributed by atoms with van der Waals surface area (Å²) in [4.78, 5) is 12.5. The molecule has 3 heteroatoms. The molecule has 0 saturated carbocycles. The number of nitrogens with two attached hydrogens (primary N) is 1. The van der Waals surface area contributed by atoms with E-state index in [2.05, 4.69) is 5.32 Å². The van der Waals surface area contributed by atoms with Crippen molar-refractivity contribution in [3.63, 3.8) is 0 Å². The maximum Gasteiger partial charge on any atom is 0.244 e. The van der Waals surface area contributed by atoms with Gasteiger partial charge < -0.3 is 11.1 Å². The molecule has 110 valence electrons. The molecule has 3 nitrogen and oxygen atoms in total. The third-order valence-electron chi connectivity index (χ3n) is 3.85. The topological polar surface area (TPSA) is 55.1 Å². The zero-order chi connectivity index (χ0) is 15.5. The van der Waals surface area contributed by atoms with Crippen LogP contribution >= 0.6 is 0 Å². The molecule has 0 fully saturated rings. The van der Waals surface area contributed by atoms with Crippen molar-refractivity contribution >= 4 is 5.91 Å². The SMILES string of the molecule is Cc1ccccc1C(C)NC(=O)C(C)(N)c1ccccc1. The second kappa shape index (κ2) is 6.10. The maximum absolute atomic E-state index is 12.5. The van der Waals surface area contributed by atoms with Crippen molar-refractivity contribution < 1.29 is 4.79 Å². The molecular weight excluding hydrogens is 260 g/mol. The van der Waals surface area contributed by atoms with Crippen molar-refractivity contribution in [3.05, 3.63) is 71.3 Å². The first-order valence-corrected chi connectivity index (χ1v) is 7.14. The summed E-state index contributed by atoms with van der Waals surface area (Å²) in [6, 6.07) is 17.4. The zero-order valence-corrected chi connectivity index (χ0v) is 12.8. The Kier molecular flexibility index (Phi) is 4.43. The van der Waals surface area contributed by atoms with Gasteiger partial charge in [0.1, 0.15) is 5.54 Å². The van der Waals surface area contributed by atoms with Gasteiger partial charge in [0.05, 0.1) is 6.04 Å². The molecule has 3 N–H and O–H groups in total. The highest BCUT2D eigenvalue weighted by atomic mass is 16.2. The lowest BCUT2D eigenvalue weighted by Crippen LogP contribution is -2.49. The van der Waals surface area contributed by atoms with Crippen LogP contribution in [0.1, 0.15) is 36.6 Å². The van der Waals surface area contributed by atoms with Gasteiger partial charge in [-0.25, -0.2) is 0 Å². The standard InChI is InChI=1S/C18H22N2O/c1-13-9-7-8-12-16(13)14(2)20-17(21)18(3,19)15-10-5-4-6-11-15/h4-12,14H,19H2,1-3H3,(H,20,21). The lowest BCUT2D eigenvalue weighted by molar-refractivity contribution is -0.126. The van der Waals surface area contributed by atoms with E-state index in [1.807, 2.05) is 68.4 Å². The van der Waals surface area contributed by atoms with E-state index in [0.717, 1.165) is 16.7 Å². The first kappa shape index (κ1) is 15.3.